The monoisotopic (exact) mass is 319 g/mol. The predicted octanol–water partition coefficient (Wildman–Crippen LogP) is 3.39. The van der Waals surface area contributed by atoms with E-state index in [0.29, 0.717) is 12.5 Å². The molecule has 2 N–H and O–H groups in total. The third kappa shape index (κ3) is 5.04. The van der Waals surface area contributed by atoms with Gasteiger partial charge in [-0.1, -0.05) is 41.9 Å². The molecule has 0 bridgehead atoms. The second-order valence-corrected chi connectivity index (χ2v) is 5.23. The van der Waals surface area contributed by atoms with Crippen LogP contribution in [0.25, 0.3) is 0 Å². The Labute approximate surface area is 135 Å². The zero-order chi connectivity index (χ0) is 15.8. The maximum Gasteiger partial charge on any atom is 0.191 e. The highest BCUT2D eigenvalue weighted by atomic mass is 35.5. The van der Waals surface area contributed by atoms with E-state index in [-0.39, 0.29) is 5.82 Å². The van der Waals surface area contributed by atoms with Crippen LogP contribution in [0.5, 0.6) is 0 Å². The minimum atomic E-state index is -0.231. The van der Waals surface area contributed by atoms with Crippen LogP contribution >= 0.6 is 11.6 Å². The molecule has 22 heavy (non-hydrogen) atoms. The first kappa shape index (κ1) is 16.3. The van der Waals surface area contributed by atoms with E-state index in [1.54, 1.807) is 19.2 Å². The van der Waals surface area contributed by atoms with Crippen LogP contribution in [0.4, 0.5) is 4.39 Å². The Bertz CT molecular complexity index is 626. The predicted molar refractivity (Wildman–Crippen MR) is 89.8 cm³/mol. The molecule has 0 amide bonds. The molecule has 2 rings (SSSR count). The van der Waals surface area contributed by atoms with Crippen molar-refractivity contribution in [1.82, 2.24) is 10.6 Å². The second kappa shape index (κ2) is 8.39. The fraction of sp³-hybridized carbons (Fsp3) is 0.235. The van der Waals surface area contributed by atoms with Crippen molar-refractivity contribution in [2.75, 3.05) is 13.6 Å². The average molecular weight is 320 g/mol. The molecule has 2 aromatic carbocycles. The van der Waals surface area contributed by atoms with Crippen LogP contribution in [0.3, 0.4) is 0 Å². The highest BCUT2D eigenvalue weighted by Gasteiger charge is 2.01. The van der Waals surface area contributed by atoms with Crippen LogP contribution in [-0.2, 0) is 13.0 Å². The summed E-state index contributed by atoms with van der Waals surface area (Å²) in [5.74, 6) is 0.474. The summed E-state index contributed by atoms with van der Waals surface area (Å²) in [6.07, 6.45) is 0.816. The first-order valence-electron chi connectivity index (χ1n) is 7.11. The highest BCUT2D eigenvalue weighted by Crippen LogP contribution is 2.14. The van der Waals surface area contributed by atoms with Crippen LogP contribution in [0, 0.1) is 5.82 Å². The van der Waals surface area contributed by atoms with Gasteiger partial charge in [0.2, 0.25) is 0 Å². The van der Waals surface area contributed by atoms with Gasteiger partial charge in [0.25, 0.3) is 0 Å². The first-order chi connectivity index (χ1) is 10.7. The Morgan fingerprint density at radius 3 is 2.50 bits per heavy atom. The zero-order valence-corrected chi connectivity index (χ0v) is 13.2. The number of hydrogen-bond acceptors (Lipinski definition) is 1. The van der Waals surface area contributed by atoms with Crippen molar-refractivity contribution >= 4 is 17.6 Å². The molecule has 0 heterocycles. The highest BCUT2D eigenvalue weighted by molar-refractivity contribution is 6.31. The molecule has 0 fully saturated rings. The van der Waals surface area contributed by atoms with Gasteiger partial charge in [0.15, 0.2) is 5.96 Å². The molecule has 116 valence electrons. The van der Waals surface area contributed by atoms with E-state index < -0.39 is 0 Å². The molecule has 0 aliphatic carbocycles. The molecule has 0 spiro atoms. The SMILES string of the molecule is CN=C(NCCc1ccccc1Cl)NCc1ccc(F)cc1. The lowest BCUT2D eigenvalue weighted by molar-refractivity contribution is 0.626. The van der Waals surface area contributed by atoms with E-state index in [2.05, 4.69) is 15.6 Å². The minimum absolute atomic E-state index is 0.231. The average Bonchev–Trinajstić information content (AvgIpc) is 2.54. The summed E-state index contributed by atoms with van der Waals surface area (Å²) in [5.41, 5.74) is 2.10. The van der Waals surface area contributed by atoms with Gasteiger partial charge in [-0.25, -0.2) is 4.39 Å². The Morgan fingerprint density at radius 2 is 1.82 bits per heavy atom. The van der Waals surface area contributed by atoms with Gasteiger partial charge in [-0.3, -0.25) is 4.99 Å². The summed E-state index contributed by atoms with van der Waals surface area (Å²) in [6.45, 7) is 1.32. The smallest absolute Gasteiger partial charge is 0.191 e. The topological polar surface area (TPSA) is 36.4 Å². The lowest BCUT2D eigenvalue weighted by Gasteiger charge is -2.12. The minimum Gasteiger partial charge on any atom is -0.356 e. The standard InChI is InChI=1S/C17H19ClFN3/c1-20-17(22-12-13-6-8-15(19)9-7-13)21-11-10-14-4-2-3-5-16(14)18/h2-9H,10-12H2,1H3,(H2,20,21,22). The molecule has 2 aromatic rings. The molecule has 3 nitrogen and oxygen atoms in total. The van der Waals surface area contributed by atoms with Gasteiger partial charge in [-0.15, -0.1) is 0 Å². The normalized spacial score (nSPS) is 11.3. The fourth-order valence-corrected chi connectivity index (χ4v) is 2.26. The van der Waals surface area contributed by atoms with Gasteiger partial charge in [0.05, 0.1) is 0 Å². The van der Waals surface area contributed by atoms with Crippen LogP contribution < -0.4 is 10.6 Å². The fourth-order valence-electron chi connectivity index (χ4n) is 2.03. The molecule has 5 heteroatoms. The van der Waals surface area contributed by atoms with Gasteiger partial charge >= 0.3 is 0 Å². The second-order valence-electron chi connectivity index (χ2n) is 4.82. The van der Waals surface area contributed by atoms with Gasteiger partial charge in [-0.05, 0) is 35.7 Å². The van der Waals surface area contributed by atoms with Crippen LogP contribution in [-0.4, -0.2) is 19.6 Å². The molecule has 0 radical (unpaired) electrons. The van der Waals surface area contributed by atoms with Crippen molar-refractivity contribution < 1.29 is 4.39 Å². The van der Waals surface area contributed by atoms with Gasteiger partial charge in [0, 0.05) is 25.2 Å². The largest absolute Gasteiger partial charge is 0.356 e. The number of nitrogens with zero attached hydrogens (tertiary/aromatic N) is 1. The molecule has 0 aliphatic rings. The van der Waals surface area contributed by atoms with Gasteiger partial charge in [0.1, 0.15) is 5.82 Å². The zero-order valence-electron chi connectivity index (χ0n) is 12.4. The quantitative estimate of drug-likeness (QED) is 0.654. The molecule has 0 saturated carbocycles. The summed E-state index contributed by atoms with van der Waals surface area (Å²) in [4.78, 5) is 4.16. The molecule has 0 aromatic heterocycles. The third-order valence-corrected chi connectivity index (χ3v) is 3.61. The van der Waals surface area contributed by atoms with E-state index in [0.717, 1.165) is 29.1 Å². The van der Waals surface area contributed by atoms with Crippen molar-refractivity contribution in [3.05, 3.63) is 70.5 Å². The lowest BCUT2D eigenvalue weighted by Crippen LogP contribution is -2.37. The summed E-state index contributed by atoms with van der Waals surface area (Å²) < 4.78 is 12.8. The van der Waals surface area contributed by atoms with Crippen molar-refractivity contribution in [2.45, 2.75) is 13.0 Å². The molecule has 0 unspecified atom stereocenters. The number of hydrogen-bond donors (Lipinski definition) is 2. The number of guanidine groups is 1. The van der Waals surface area contributed by atoms with Gasteiger partial charge in [-0.2, -0.15) is 0 Å². The summed E-state index contributed by atoms with van der Waals surface area (Å²) in [6, 6.07) is 14.2. The number of nitrogens with one attached hydrogen (secondary N) is 2. The summed E-state index contributed by atoms with van der Waals surface area (Å²) in [5, 5.41) is 7.20. The number of rotatable bonds is 5. The summed E-state index contributed by atoms with van der Waals surface area (Å²) >= 11 is 6.12. The van der Waals surface area contributed by atoms with Crippen molar-refractivity contribution in [2.24, 2.45) is 4.99 Å². The van der Waals surface area contributed by atoms with Crippen LogP contribution in [0.15, 0.2) is 53.5 Å². The van der Waals surface area contributed by atoms with Crippen LogP contribution in [0.2, 0.25) is 5.02 Å². The Morgan fingerprint density at radius 1 is 1.09 bits per heavy atom. The first-order valence-corrected chi connectivity index (χ1v) is 7.49. The molecular formula is C17H19ClFN3. The molecule has 0 saturated heterocycles. The number of benzene rings is 2. The van der Waals surface area contributed by atoms with E-state index in [1.165, 1.54) is 12.1 Å². The Hall–Kier alpha value is -2.07. The summed E-state index contributed by atoms with van der Waals surface area (Å²) in [7, 11) is 1.72. The van der Waals surface area contributed by atoms with E-state index in [4.69, 9.17) is 11.6 Å². The molecule has 0 aliphatic heterocycles. The van der Waals surface area contributed by atoms with E-state index in [9.17, 15) is 4.39 Å². The lowest BCUT2D eigenvalue weighted by atomic mass is 10.1. The van der Waals surface area contributed by atoms with Gasteiger partial charge < -0.3 is 10.6 Å². The van der Waals surface area contributed by atoms with Crippen molar-refractivity contribution in [3.63, 3.8) is 0 Å². The maximum absolute atomic E-state index is 12.8. The Balaban J connectivity index is 1.78. The van der Waals surface area contributed by atoms with Crippen molar-refractivity contribution in [1.29, 1.82) is 0 Å². The van der Waals surface area contributed by atoms with E-state index in [1.807, 2.05) is 24.3 Å². The molecule has 0 atom stereocenters. The number of halogens is 2. The number of aliphatic imine (C=N–C) groups is 1. The maximum atomic E-state index is 12.8. The third-order valence-electron chi connectivity index (χ3n) is 3.24. The Kier molecular flexibility index (Phi) is 6.22. The van der Waals surface area contributed by atoms with Crippen LogP contribution in [0.1, 0.15) is 11.1 Å². The molecular weight excluding hydrogens is 301 g/mol. The van der Waals surface area contributed by atoms with Crippen molar-refractivity contribution in [3.8, 4) is 0 Å². The van der Waals surface area contributed by atoms with E-state index >= 15 is 0 Å².